The fourth-order valence-corrected chi connectivity index (χ4v) is 2.86. The highest BCUT2D eigenvalue weighted by Crippen LogP contribution is 2.09. The van der Waals surface area contributed by atoms with Gasteiger partial charge in [-0.2, -0.15) is 0 Å². The zero-order valence-corrected chi connectivity index (χ0v) is 11.3. The van der Waals surface area contributed by atoms with Crippen LogP contribution in [-0.4, -0.2) is 27.4 Å². The number of ether oxygens (including phenoxy) is 1. The SMILES string of the molecule is CCCC(C)COCC(C)CS(=O)(=O)Cl. The molecule has 0 amide bonds. The minimum atomic E-state index is -3.39. The smallest absolute Gasteiger partial charge is 0.232 e. The van der Waals surface area contributed by atoms with Gasteiger partial charge in [0.1, 0.15) is 0 Å². The van der Waals surface area contributed by atoms with Gasteiger partial charge in [-0.05, 0) is 18.3 Å². The van der Waals surface area contributed by atoms with Crippen molar-refractivity contribution in [2.75, 3.05) is 19.0 Å². The first-order chi connectivity index (χ1) is 6.85. The standard InChI is InChI=1S/C10H21ClO3S/c1-4-5-9(2)6-14-7-10(3)8-15(11,12)13/h9-10H,4-8H2,1-3H3. The third-order valence-corrected chi connectivity index (χ3v) is 3.41. The minimum Gasteiger partial charge on any atom is -0.381 e. The van der Waals surface area contributed by atoms with Gasteiger partial charge in [0.15, 0.2) is 0 Å². The van der Waals surface area contributed by atoms with Crippen LogP contribution in [0.4, 0.5) is 0 Å². The van der Waals surface area contributed by atoms with Crippen molar-refractivity contribution in [2.45, 2.75) is 33.6 Å². The molecule has 0 aliphatic carbocycles. The summed E-state index contributed by atoms with van der Waals surface area (Å²) in [5, 5.41) is 0. The first-order valence-electron chi connectivity index (χ1n) is 5.35. The number of hydrogen-bond acceptors (Lipinski definition) is 3. The average molecular weight is 257 g/mol. The molecule has 2 unspecified atom stereocenters. The van der Waals surface area contributed by atoms with Crippen LogP contribution in [0.1, 0.15) is 33.6 Å². The maximum Gasteiger partial charge on any atom is 0.232 e. The summed E-state index contributed by atoms with van der Waals surface area (Å²) in [5.41, 5.74) is 0. The summed E-state index contributed by atoms with van der Waals surface area (Å²) < 4.78 is 26.9. The van der Waals surface area contributed by atoms with Crippen LogP contribution in [0.25, 0.3) is 0 Å². The van der Waals surface area contributed by atoms with E-state index >= 15 is 0 Å². The van der Waals surface area contributed by atoms with Crippen LogP contribution in [0.2, 0.25) is 0 Å². The van der Waals surface area contributed by atoms with Gasteiger partial charge in [-0.3, -0.25) is 0 Å². The molecule has 3 nitrogen and oxygen atoms in total. The van der Waals surface area contributed by atoms with Crippen molar-refractivity contribution in [1.29, 1.82) is 0 Å². The van der Waals surface area contributed by atoms with Gasteiger partial charge in [-0.25, -0.2) is 8.42 Å². The van der Waals surface area contributed by atoms with Gasteiger partial charge in [-0.1, -0.05) is 27.2 Å². The third kappa shape index (κ3) is 10.5. The Morgan fingerprint density at radius 3 is 2.20 bits per heavy atom. The molecule has 0 rings (SSSR count). The fourth-order valence-electron chi connectivity index (χ4n) is 1.43. The Morgan fingerprint density at radius 1 is 1.20 bits per heavy atom. The third-order valence-electron chi connectivity index (χ3n) is 2.07. The molecule has 15 heavy (non-hydrogen) atoms. The highest BCUT2D eigenvalue weighted by Gasteiger charge is 2.13. The molecule has 92 valence electrons. The largest absolute Gasteiger partial charge is 0.381 e. The maximum absolute atomic E-state index is 10.8. The monoisotopic (exact) mass is 256 g/mol. The molecule has 0 aromatic rings. The van der Waals surface area contributed by atoms with Crippen LogP contribution in [0.15, 0.2) is 0 Å². The van der Waals surface area contributed by atoms with Crippen LogP contribution in [0.5, 0.6) is 0 Å². The van der Waals surface area contributed by atoms with Crippen molar-refractivity contribution in [1.82, 2.24) is 0 Å². The van der Waals surface area contributed by atoms with Crippen molar-refractivity contribution in [3.63, 3.8) is 0 Å². The molecule has 5 heteroatoms. The van der Waals surface area contributed by atoms with Gasteiger partial charge in [-0.15, -0.1) is 0 Å². The van der Waals surface area contributed by atoms with Crippen LogP contribution < -0.4 is 0 Å². The van der Waals surface area contributed by atoms with E-state index in [2.05, 4.69) is 13.8 Å². The maximum atomic E-state index is 10.8. The van der Waals surface area contributed by atoms with E-state index in [1.807, 2.05) is 6.92 Å². The van der Waals surface area contributed by atoms with Crippen molar-refractivity contribution in [3.8, 4) is 0 Å². The van der Waals surface area contributed by atoms with Crippen LogP contribution >= 0.6 is 10.7 Å². The lowest BCUT2D eigenvalue weighted by molar-refractivity contribution is 0.0824. The Balaban J connectivity index is 3.59. The van der Waals surface area contributed by atoms with Crippen molar-refractivity contribution in [2.24, 2.45) is 11.8 Å². The minimum absolute atomic E-state index is 0.0171. The lowest BCUT2D eigenvalue weighted by Gasteiger charge is -2.13. The predicted octanol–water partition coefficient (Wildman–Crippen LogP) is 2.64. The molecule has 0 radical (unpaired) electrons. The summed E-state index contributed by atoms with van der Waals surface area (Å²) in [6.45, 7) is 7.25. The van der Waals surface area contributed by atoms with Gasteiger partial charge >= 0.3 is 0 Å². The summed E-state index contributed by atoms with van der Waals surface area (Å²) in [5.74, 6) is 0.479. The van der Waals surface area contributed by atoms with E-state index in [1.54, 1.807) is 0 Å². The summed E-state index contributed by atoms with van der Waals surface area (Å²) in [6.07, 6.45) is 2.29. The zero-order chi connectivity index (χ0) is 11.9. The molecular formula is C10H21ClO3S. The van der Waals surface area contributed by atoms with Crippen molar-refractivity contribution >= 4 is 19.7 Å². The molecule has 0 aliphatic rings. The summed E-state index contributed by atoms with van der Waals surface area (Å²) in [6, 6.07) is 0. The van der Waals surface area contributed by atoms with Crippen molar-refractivity contribution in [3.05, 3.63) is 0 Å². The summed E-state index contributed by atoms with van der Waals surface area (Å²) >= 11 is 0. The van der Waals surface area contributed by atoms with Crippen LogP contribution in [0.3, 0.4) is 0 Å². The van der Waals surface area contributed by atoms with Gasteiger partial charge in [0.2, 0.25) is 9.05 Å². The van der Waals surface area contributed by atoms with E-state index in [0.29, 0.717) is 19.1 Å². The molecule has 0 fully saturated rings. The van der Waals surface area contributed by atoms with E-state index < -0.39 is 9.05 Å². The van der Waals surface area contributed by atoms with Gasteiger partial charge in [0, 0.05) is 17.3 Å². The highest BCUT2D eigenvalue weighted by molar-refractivity contribution is 8.13. The van der Waals surface area contributed by atoms with Crippen LogP contribution in [-0.2, 0) is 13.8 Å². The molecular weight excluding hydrogens is 236 g/mol. The quantitative estimate of drug-likeness (QED) is 0.627. The fraction of sp³-hybridized carbons (Fsp3) is 1.00. The Hall–Kier alpha value is 0.200. The molecule has 0 spiro atoms. The Kier molecular flexibility index (Phi) is 7.57. The second-order valence-corrected chi connectivity index (χ2v) is 7.06. The van der Waals surface area contributed by atoms with E-state index in [0.717, 1.165) is 12.8 Å². The van der Waals surface area contributed by atoms with Gasteiger partial charge in [0.25, 0.3) is 0 Å². The second-order valence-electron chi connectivity index (χ2n) is 4.24. The zero-order valence-electron chi connectivity index (χ0n) is 9.70. The number of halogens is 1. The van der Waals surface area contributed by atoms with E-state index in [1.165, 1.54) is 0 Å². The van der Waals surface area contributed by atoms with Crippen molar-refractivity contribution < 1.29 is 13.2 Å². The van der Waals surface area contributed by atoms with Gasteiger partial charge < -0.3 is 4.74 Å². The molecule has 2 atom stereocenters. The Labute approximate surface area is 97.6 Å². The lowest BCUT2D eigenvalue weighted by atomic mass is 10.1. The summed E-state index contributed by atoms with van der Waals surface area (Å²) in [4.78, 5) is 0. The Morgan fingerprint density at radius 2 is 1.73 bits per heavy atom. The number of hydrogen-bond donors (Lipinski definition) is 0. The number of rotatable bonds is 8. The molecule has 0 saturated carbocycles. The predicted molar refractivity (Wildman–Crippen MR) is 63.7 cm³/mol. The Bertz CT molecular complexity index is 251. The molecule has 0 saturated heterocycles. The normalized spacial score (nSPS) is 16.3. The van der Waals surface area contributed by atoms with Gasteiger partial charge in [0.05, 0.1) is 12.4 Å². The van der Waals surface area contributed by atoms with E-state index in [4.69, 9.17) is 15.4 Å². The first kappa shape index (κ1) is 15.2. The molecule has 0 heterocycles. The second kappa shape index (κ2) is 7.47. The van der Waals surface area contributed by atoms with E-state index in [9.17, 15) is 8.42 Å². The molecule has 0 N–H and O–H groups in total. The molecule has 0 aliphatic heterocycles. The molecule has 0 aromatic heterocycles. The highest BCUT2D eigenvalue weighted by atomic mass is 35.7. The first-order valence-corrected chi connectivity index (χ1v) is 7.83. The average Bonchev–Trinajstić information content (AvgIpc) is 2.00. The summed E-state index contributed by atoms with van der Waals surface area (Å²) in [7, 11) is 1.74. The lowest BCUT2D eigenvalue weighted by Crippen LogP contribution is -2.17. The topological polar surface area (TPSA) is 43.4 Å². The molecule has 0 aromatic carbocycles. The van der Waals surface area contributed by atoms with E-state index in [-0.39, 0.29) is 11.7 Å². The van der Waals surface area contributed by atoms with Crippen LogP contribution in [0, 0.1) is 11.8 Å². The molecule has 0 bridgehead atoms.